The summed E-state index contributed by atoms with van der Waals surface area (Å²) in [5.41, 5.74) is 3.98. The van der Waals surface area contributed by atoms with Gasteiger partial charge in [0.1, 0.15) is 0 Å². The number of hydrogen-bond acceptors (Lipinski definition) is 2. The van der Waals surface area contributed by atoms with Gasteiger partial charge in [0.15, 0.2) is 11.5 Å². The topological polar surface area (TPSA) is 40.5 Å². The average molecular weight is 429 g/mol. The second kappa shape index (κ2) is 6.05. The first-order chi connectivity index (χ1) is 15.5. The standard InChI is InChI=1S/C30H36O2/c31-26-9-23-1-2-25(29-11-17-3-18(12-29)5-19(4-17)13-29)28(24(23)10-27(26)32)30-14-20-6-21(15-30)8-22(7-20)16-30/h1-2,9-10,17-22,31-32H,3-8,11-16H2. The maximum absolute atomic E-state index is 10.6. The van der Waals surface area contributed by atoms with Gasteiger partial charge in [-0.2, -0.15) is 0 Å². The van der Waals surface area contributed by atoms with Crippen molar-refractivity contribution in [2.24, 2.45) is 35.5 Å². The molecule has 8 bridgehead atoms. The van der Waals surface area contributed by atoms with Gasteiger partial charge in [0.25, 0.3) is 0 Å². The second-order valence-electron chi connectivity index (χ2n) is 13.4. The number of rotatable bonds is 2. The van der Waals surface area contributed by atoms with Gasteiger partial charge >= 0.3 is 0 Å². The molecule has 0 radical (unpaired) electrons. The van der Waals surface area contributed by atoms with E-state index in [1.165, 1.54) is 82.4 Å². The monoisotopic (exact) mass is 428 g/mol. The molecule has 2 aromatic carbocycles. The van der Waals surface area contributed by atoms with Gasteiger partial charge in [-0.1, -0.05) is 12.1 Å². The van der Waals surface area contributed by atoms with Crippen LogP contribution in [0.15, 0.2) is 24.3 Å². The van der Waals surface area contributed by atoms with E-state index < -0.39 is 0 Å². The number of aromatic hydroxyl groups is 2. The molecular weight excluding hydrogens is 392 g/mol. The van der Waals surface area contributed by atoms with Crippen LogP contribution in [0.1, 0.15) is 88.2 Å². The van der Waals surface area contributed by atoms with Crippen molar-refractivity contribution in [3.63, 3.8) is 0 Å². The quantitative estimate of drug-likeness (QED) is 0.497. The Morgan fingerprint density at radius 3 is 1.50 bits per heavy atom. The average Bonchev–Trinajstić information content (AvgIpc) is 2.72. The zero-order chi connectivity index (χ0) is 21.2. The molecule has 168 valence electrons. The third kappa shape index (κ3) is 2.42. The molecule has 8 fully saturated rings. The van der Waals surface area contributed by atoms with Crippen molar-refractivity contribution >= 4 is 10.8 Å². The molecule has 0 amide bonds. The fourth-order valence-electron chi connectivity index (χ4n) is 11.2. The fourth-order valence-corrected chi connectivity index (χ4v) is 11.2. The molecule has 2 aromatic rings. The maximum Gasteiger partial charge on any atom is 0.158 e. The molecule has 32 heavy (non-hydrogen) atoms. The molecule has 2 heteroatoms. The molecule has 0 heterocycles. The van der Waals surface area contributed by atoms with Gasteiger partial charge in [0.2, 0.25) is 0 Å². The number of benzene rings is 2. The Hall–Kier alpha value is -1.70. The Labute approximate surface area is 191 Å². The number of hydrogen-bond donors (Lipinski definition) is 2. The van der Waals surface area contributed by atoms with Crippen LogP contribution in [0.4, 0.5) is 0 Å². The lowest BCUT2D eigenvalue weighted by Gasteiger charge is -2.61. The molecule has 0 atom stereocenters. The fraction of sp³-hybridized carbons (Fsp3) is 0.667. The third-order valence-corrected chi connectivity index (χ3v) is 11.3. The molecule has 0 aromatic heterocycles. The molecule has 0 saturated heterocycles. The molecule has 0 unspecified atom stereocenters. The molecular formula is C30H36O2. The lowest BCUT2D eigenvalue weighted by atomic mass is 9.44. The highest BCUT2D eigenvalue weighted by molar-refractivity contribution is 5.91. The van der Waals surface area contributed by atoms with Crippen molar-refractivity contribution in [1.82, 2.24) is 0 Å². The van der Waals surface area contributed by atoms with Gasteiger partial charge in [0.05, 0.1) is 0 Å². The van der Waals surface area contributed by atoms with Crippen molar-refractivity contribution in [3.8, 4) is 11.5 Å². The summed E-state index contributed by atoms with van der Waals surface area (Å²) < 4.78 is 0. The molecule has 8 aliphatic rings. The summed E-state index contributed by atoms with van der Waals surface area (Å²) >= 11 is 0. The minimum Gasteiger partial charge on any atom is -0.504 e. The van der Waals surface area contributed by atoms with Crippen LogP contribution in [0.3, 0.4) is 0 Å². The van der Waals surface area contributed by atoms with E-state index in [-0.39, 0.29) is 11.5 Å². The lowest BCUT2D eigenvalue weighted by Crippen LogP contribution is -2.52. The SMILES string of the molecule is Oc1cc2ccc(C34CC5CC(CC(C5)C3)C4)c(C34CC5CC(CC(C5)C3)C4)c2cc1O. The van der Waals surface area contributed by atoms with E-state index in [0.717, 1.165) is 40.9 Å². The van der Waals surface area contributed by atoms with Crippen LogP contribution in [0.2, 0.25) is 0 Å². The van der Waals surface area contributed by atoms with Crippen LogP contribution >= 0.6 is 0 Å². The van der Waals surface area contributed by atoms with Crippen LogP contribution in [-0.4, -0.2) is 10.2 Å². The summed E-state index contributed by atoms with van der Waals surface area (Å²) in [6, 6.07) is 8.52. The normalized spacial score (nSPS) is 45.8. The van der Waals surface area contributed by atoms with Gasteiger partial charge in [-0.05, 0) is 157 Å². The molecule has 2 N–H and O–H groups in total. The molecule has 0 spiro atoms. The zero-order valence-corrected chi connectivity index (χ0v) is 19.2. The van der Waals surface area contributed by atoms with Crippen LogP contribution in [0.25, 0.3) is 10.8 Å². The molecule has 0 aliphatic heterocycles. The Morgan fingerprint density at radius 1 is 0.562 bits per heavy atom. The third-order valence-electron chi connectivity index (χ3n) is 11.3. The predicted molar refractivity (Wildman–Crippen MR) is 127 cm³/mol. The maximum atomic E-state index is 10.6. The largest absolute Gasteiger partial charge is 0.504 e. The Morgan fingerprint density at radius 2 is 1.00 bits per heavy atom. The molecule has 8 saturated carbocycles. The summed E-state index contributed by atoms with van der Waals surface area (Å²) in [5.74, 6) is 5.63. The van der Waals surface area contributed by atoms with E-state index in [9.17, 15) is 10.2 Å². The van der Waals surface area contributed by atoms with Crippen molar-refractivity contribution in [1.29, 1.82) is 0 Å². The van der Waals surface area contributed by atoms with Crippen molar-refractivity contribution < 1.29 is 10.2 Å². The number of phenolic OH excluding ortho intramolecular Hbond substituents is 2. The molecule has 10 rings (SSSR count). The highest BCUT2D eigenvalue weighted by atomic mass is 16.3. The van der Waals surface area contributed by atoms with Gasteiger partial charge < -0.3 is 10.2 Å². The zero-order valence-electron chi connectivity index (χ0n) is 19.2. The summed E-state index contributed by atoms with van der Waals surface area (Å²) in [4.78, 5) is 0. The van der Waals surface area contributed by atoms with Gasteiger partial charge in [-0.25, -0.2) is 0 Å². The Kier molecular flexibility index (Phi) is 3.53. The Bertz CT molecular complexity index is 1060. The van der Waals surface area contributed by atoms with Crippen LogP contribution < -0.4 is 0 Å². The summed E-state index contributed by atoms with van der Waals surface area (Å²) in [6.07, 6.45) is 17.1. The lowest BCUT2D eigenvalue weighted by molar-refractivity contribution is -0.0168. The van der Waals surface area contributed by atoms with Crippen molar-refractivity contribution in [2.75, 3.05) is 0 Å². The van der Waals surface area contributed by atoms with E-state index in [1.54, 1.807) is 11.1 Å². The number of phenols is 2. The minimum absolute atomic E-state index is 0.0246. The van der Waals surface area contributed by atoms with Crippen molar-refractivity contribution in [2.45, 2.75) is 87.9 Å². The summed E-state index contributed by atoms with van der Waals surface area (Å²) in [6.45, 7) is 0. The second-order valence-corrected chi connectivity index (χ2v) is 13.4. The van der Waals surface area contributed by atoms with Crippen LogP contribution in [0.5, 0.6) is 11.5 Å². The predicted octanol–water partition coefficient (Wildman–Crippen LogP) is 7.19. The van der Waals surface area contributed by atoms with Gasteiger partial charge in [0, 0.05) is 0 Å². The van der Waals surface area contributed by atoms with Gasteiger partial charge in [-0.3, -0.25) is 0 Å². The summed E-state index contributed by atoms with van der Waals surface area (Å²) in [5, 5.41) is 23.3. The minimum atomic E-state index is 0.0246. The summed E-state index contributed by atoms with van der Waals surface area (Å²) in [7, 11) is 0. The van der Waals surface area contributed by atoms with Crippen molar-refractivity contribution in [3.05, 3.63) is 35.4 Å². The highest BCUT2D eigenvalue weighted by Crippen LogP contribution is 2.66. The van der Waals surface area contributed by atoms with E-state index in [2.05, 4.69) is 12.1 Å². The first-order valence-corrected chi connectivity index (χ1v) is 13.5. The van der Waals surface area contributed by atoms with Gasteiger partial charge in [-0.15, -0.1) is 0 Å². The van der Waals surface area contributed by atoms with E-state index in [4.69, 9.17) is 0 Å². The van der Waals surface area contributed by atoms with Crippen LogP contribution in [-0.2, 0) is 10.8 Å². The highest BCUT2D eigenvalue weighted by Gasteiger charge is 2.57. The van der Waals surface area contributed by atoms with E-state index in [0.29, 0.717) is 10.8 Å². The first-order valence-electron chi connectivity index (χ1n) is 13.5. The van der Waals surface area contributed by atoms with E-state index in [1.807, 2.05) is 12.1 Å². The van der Waals surface area contributed by atoms with Crippen LogP contribution in [0, 0.1) is 35.5 Å². The molecule has 8 aliphatic carbocycles. The number of fused-ring (bicyclic) bond motifs is 1. The molecule has 2 nitrogen and oxygen atoms in total. The smallest absolute Gasteiger partial charge is 0.158 e. The van der Waals surface area contributed by atoms with E-state index >= 15 is 0 Å². The Balaban J connectivity index is 1.39. The first kappa shape index (κ1) is 18.7.